The Kier molecular flexibility index (Phi) is 6.68. The third-order valence-electron chi connectivity index (χ3n) is 4.66. The Labute approximate surface area is 175 Å². The van der Waals surface area contributed by atoms with Crippen LogP contribution in [0.1, 0.15) is 18.4 Å². The molecule has 0 unspecified atom stereocenters. The van der Waals surface area contributed by atoms with Crippen molar-refractivity contribution in [3.05, 3.63) is 48.0 Å². The van der Waals surface area contributed by atoms with Gasteiger partial charge in [0.2, 0.25) is 15.9 Å². The van der Waals surface area contributed by atoms with E-state index < -0.39 is 10.0 Å². The number of aryl methyl sites for hydroxylation is 1. The van der Waals surface area contributed by atoms with Crippen LogP contribution in [0.4, 0.5) is 0 Å². The van der Waals surface area contributed by atoms with Crippen molar-refractivity contribution in [1.82, 2.24) is 24.6 Å². The normalized spacial score (nSPS) is 11.7. The maximum atomic E-state index is 12.2. The molecule has 3 aromatic rings. The van der Waals surface area contributed by atoms with Crippen LogP contribution >= 0.6 is 0 Å². The highest BCUT2D eigenvalue weighted by molar-refractivity contribution is 7.89. The van der Waals surface area contributed by atoms with Crippen LogP contribution in [0.2, 0.25) is 0 Å². The SMILES string of the molecule is COc1cccc(CNC(=O)CCCn2nnc3cc(S(=O)(=O)N(C)C)ccc32)c1. The monoisotopic (exact) mass is 431 g/mol. The molecule has 0 aliphatic heterocycles. The summed E-state index contributed by atoms with van der Waals surface area (Å²) in [5, 5.41) is 11.0. The van der Waals surface area contributed by atoms with Gasteiger partial charge in [0.1, 0.15) is 11.3 Å². The molecular formula is C20H25N5O4S. The summed E-state index contributed by atoms with van der Waals surface area (Å²) in [7, 11) is 1.04. The van der Waals surface area contributed by atoms with Crippen LogP contribution in [0.25, 0.3) is 11.0 Å². The summed E-state index contributed by atoms with van der Waals surface area (Å²) in [6, 6.07) is 12.3. The molecule has 3 rings (SSSR count). The second-order valence-corrected chi connectivity index (χ2v) is 9.13. The largest absolute Gasteiger partial charge is 0.497 e. The van der Waals surface area contributed by atoms with E-state index in [0.717, 1.165) is 21.1 Å². The van der Waals surface area contributed by atoms with Crippen molar-refractivity contribution in [2.45, 2.75) is 30.8 Å². The second kappa shape index (κ2) is 9.23. The number of amides is 1. The Bertz CT molecular complexity index is 1140. The number of methoxy groups -OCH3 is 1. The molecule has 0 saturated carbocycles. The highest BCUT2D eigenvalue weighted by atomic mass is 32.2. The Morgan fingerprint density at radius 3 is 2.73 bits per heavy atom. The van der Waals surface area contributed by atoms with Crippen LogP contribution in [-0.2, 0) is 27.9 Å². The number of hydrogen-bond donors (Lipinski definition) is 1. The van der Waals surface area contributed by atoms with Crippen molar-refractivity contribution in [2.75, 3.05) is 21.2 Å². The van der Waals surface area contributed by atoms with Crippen molar-refractivity contribution in [1.29, 1.82) is 0 Å². The van der Waals surface area contributed by atoms with Crippen LogP contribution in [-0.4, -0.2) is 54.8 Å². The molecule has 160 valence electrons. The lowest BCUT2D eigenvalue weighted by molar-refractivity contribution is -0.121. The number of aromatic nitrogens is 3. The molecule has 0 saturated heterocycles. The number of carbonyl (C=O) groups is 1. The van der Waals surface area contributed by atoms with Crippen LogP contribution in [0.5, 0.6) is 5.75 Å². The number of ether oxygens (including phenoxy) is 1. The molecular weight excluding hydrogens is 406 g/mol. The first-order chi connectivity index (χ1) is 14.3. The molecule has 0 spiro atoms. The zero-order valence-corrected chi connectivity index (χ0v) is 18.0. The predicted octanol–water partition coefficient (Wildman–Crippen LogP) is 1.79. The van der Waals surface area contributed by atoms with E-state index in [1.807, 2.05) is 24.3 Å². The molecule has 0 atom stereocenters. The lowest BCUT2D eigenvalue weighted by atomic mass is 10.2. The van der Waals surface area contributed by atoms with Gasteiger partial charge in [-0.05, 0) is 42.3 Å². The topological polar surface area (TPSA) is 106 Å². The summed E-state index contributed by atoms with van der Waals surface area (Å²) < 4.78 is 32.5. The maximum absolute atomic E-state index is 12.2. The lowest BCUT2D eigenvalue weighted by Crippen LogP contribution is -2.22. The molecule has 30 heavy (non-hydrogen) atoms. The highest BCUT2D eigenvalue weighted by Gasteiger charge is 2.18. The Balaban J connectivity index is 1.55. The van der Waals surface area contributed by atoms with E-state index in [9.17, 15) is 13.2 Å². The smallest absolute Gasteiger partial charge is 0.242 e. The summed E-state index contributed by atoms with van der Waals surface area (Å²) in [4.78, 5) is 12.3. The number of fused-ring (bicyclic) bond motifs is 1. The molecule has 0 aliphatic carbocycles. The number of nitrogens with one attached hydrogen (secondary N) is 1. The average molecular weight is 432 g/mol. The molecule has 1 amide bonds. The van der Waals surface area contributed by atoms with Gasteiger partial charge >= 0.3 is 0 Å². The quantitative estimate of drug-likeness (QED) is 0.554. The zero-order valence-electron chi connectivity index (χ0n) is 17.2. The van der Waals surface area contributed by atoms with Gasteiger partial charge < -0.3 is 10.1 Å². The standard InChI is InChI=1S/C20H25N5O4S/c1-24(2)30(27,28)17-9-10-19-18(13-17)22-23-25(19)11-5-8-20(26)21-14-15-6-4-7-16(12-15)29-3/h4,6-7,9-10,12-13H,5,8,11,14H2,1-3H3,(H,21,26). The zero-order chi connectivity index (χ0) is 21.7. The van der Waals surface area contributed by atoms with Gasteiger partial charge in [-0.3, -0.25) is 4.79 Å². The maximum Gasteiger partial charge on any atom is 0.242 e. The average Bonchev–Trinajstić information content (AvgIpc) is 3.14. The fourth-order valence-corrected chi connectivity index (χ4v) is 3.87. The van der Waals surface area contributed by atoms with Crippen molar-refractivity contribution in [3.63, 3.8) is 0 Å². The van der Waals surface area contributed by atoms with E-state index in [1.54, 1.807) is 23.9 Å². The summed E-state index contributed by atoms with van der Waals surface area (Å²) in [5.74, 6) is 0.697. The number of carbonyl (C=O) groups excluding carboxylic acids is 1. The number of benzene rings is 2. The first kappa shape index (κ1) is 21.7. The lowest BCUT2D eigenvalue weighted by Gasteiger charge is -2.11. The molecule has 1 heterocycles. The molecule has 1 N–H and O–H groups in total. The fraction of sp³-hybridized carbons (Fsp3) is 0.350. The van der Waals surface area contributed by atoms with Gasteiger partial charge in [0.05, 0.1) is 17.5 Å². The summed E-state index contributed by atoms with van der Waals surface area (Å²) in [6.07, 6.45) is 0.929. The predicted molar refractivity (Wildman–Crippen MR) is 112 cm³/mol. The first-order valence-corrected chi connectivity index (χ1v) is 10.9. The van der Waals surface area contributed by atoms with Gasteiger partial charge in [0.25, 0.3) is 0 Å². The molecule has 10 heteroatoms. The van der Waals surface area contributed by atoms with Gasteiger partial charge in [-0.2, -0.15) is 0 Å². The number of hydrogen-bond acceptors (Lipinski definition) is 6. The minimum Gasteiger partial charge on any atom is -0.497 e. The van der Waals surface area contributed by atoms with Gasteiger partial charge in [0.15, 0.2) is 0 Å². The van der Waals surface area contributed by atoms with Crippen LogP contribution < -0.4 is 10.1 Å². The number of nitrogens with zero attached hydrogens (tertiary/aromatic N) is 4. The second-order valence-electron chi connectivity index (χ2n) is 6.98. The first-order valence-electron chi connectivity index (χ1n) is 9.46. The Morgan fingerprint density at radius 1 is 1.20 bits per heavy atom. The number of sulfonamides is 1. The molecule has 0 aliphatic rings. The highest BCUT2D eigenvalue weighted by Crippen LogP contribution is 2.19. The minimum absolute atomic E-state index is 0.0541. The third-order valence-corrected chi connectivity index (χ3v) is 6.47. The van der Waals surface area contributed by atoms with E-state index in [-0.39, 0.29) is 10.8 Å². The molecule has 0 fully saturated rings. The number of rotatable bonds is 9. The van der Waals surface area contributed by atoms with Crippen LogP contribution in [0, 0.1) is 0 Å². The summed E-state index contributed by atoms with van der Waals surface area (Å²) in [6.45, 7) is 0.939. The summed E-state index contributed by atoms with van der Waals surface area (Å²) in [5.41, 5.74) is 2.19. The van der Waals surface area contributed by atoms with Crippen molar-refractivity contribution in [2.24, 2.45) is 0 Å². The van der Waals surface area contributed by atoms with Crippen molar-refractivity contribution in [3.8, 4) is 5.75 Å². The van der Waals surface area contributed by atoms with Crippen LogP contribution in [0.15, 0.2) is 47.4 Å². The van der Waals surface area contributed by atoms with Crippen LogP contribution in [0.3, 0.4) is 0 Å². The van der Waals surface area contributed by atoms with Crippen molar-refractivity contribution >= 4 is 27.0 Å². The van der Waals surface area contributed by atoms with E-state index in [2.05, 4.69) is 15.6 Å². The Hall–Kier alpha value is -2.98. The van der Waals surface area contributed by atoms with Gasteiger partial charge in [-0.15, -0.1) is 5.10 Å². The molecule has 0 radical (unpaired) electrons. The van der Waals surface area contributed by atoms with E-state index in [4.69, 9.17) is 4.74 Å². The third kappa shape index (κ3) is 4.95. The summed E-state index contributed by atoms with van der Waals surface area (Å²) >= 11 is 0. The van der Waals surface area contributed by atoms with E-state index >= 15 is 0 Å². The van der Waals surface area contributed by atoms with E-state index in [1.165, 1.54) is 20.2 Å². The van der Waals surface area contributed by atoms with Gasteiger partial charge in [-0.25, -0.2) is 17.4 Å². The minimum atomic E-state index is -3.53. The fourth-order valence-electron chi connectivity index (χ4n) is 2.95. The Morgan fingerprint density at radius 2 is 2.00 bits per heavy atom. The van der Waals surface area contributed by atoms with Crippen molar-refractivity contribution < 1.29 is 17.9 Å². The van der Waals surface area contributed by atoms with Gasteiger partial charge in [0, 0.05) is 33.6 Å². The van der Waals surface area contributed by atoms with E-state index in [0.29, 0.717) is 31.4 Å². The van der Waals surface area contributed by atoms with Gasteiger partial charge in [-0.1, -0.05) is 17.3 Å². The molecule has 2 aromatic carbocycles. The molecule has 9 nitrogen and oxygen atoms in total. The molecule has 1 aromatic heterocycles. The molecule has 0 bridgehead atoms.